The van der Waals surface area contributed by atoms with Gasteiger partial charge in [0.05, 0.1) is 4.92 Å². The Morgan fingerprint density at radius 2 is 2.26 bits per heavy atom. The largest absolute Gasteiger partial charge is 0.363 e. The molecule has 3 rings (SSSR count). The number of aromatic nitrogens is 2. The molecule has 2 N–H and O–H groups in total. The summed E-state index contributed by atoms with van der Waals surface area (Å²) >= 11 is 0. The highest BCUT2D eigenvalue weighted by Crippen LogP contribution is 2.29. The Hall–Kier alpha value is -2.41. The molecule has 1 unspecified atom stereocenters. The van der Waals surface area contributed by atoms with Gasteiger partial charge in [-0.25, -0.2) is 4.68 Å². The van der Waals surface area contributed by atoms with E-state index in [0.29, 0.717) is 24.6 Å². The number of hydrogen-bond acceptors (Lipinski definition) is 5. The molecule has 1 aliphatic rings. The van der Waals surface area contributed by atoms with Gasteiger partial charge in [-0.2, -0.15) is 5.10 Å². The molecule has 1 aromatic carbocycles. The molecular formula is C16H21N5O2. The summed E-state index contributed by atoms with van der Waals surface area (Å²) in [5.74, 6) is 0.486. The molecule has 7 heteroatoms. The lowest BCUT2D eigenvalue weighted by molar-refractivity contribution is -0.384. The van der Waals surface area contributed by atoms with Crippen LogP contribution in [0.2, 0.25) is 0 Å². The van der Waals surface area contributed by atoms with E-state index >= 15 is 0 Å². The van der Waals surface area contributed by atoms with E-state index in [1.807, 2.05) is 13.0 Å². The van der Waals surface area contributed by atoms with Gasteiger partial charge in [0.1, 0.15) is 5.69 Å². The Kier molecular flexibility index (Phi) is 4.29. The molecule has 0 bridgehead atoms. The van der Waals surface area contributed by atoms with E-state index in [0.717, 1.165) is 13.0 Å². The van der Waals surface area contributed by atoms with Crippen LogP contribution in [0.15, 0.2) is 24.3 Å². The zero-order valence-corrected chi connectivity index (χ0v) is 13.4. The maximum Gasteiger partial charge on any atom is 0.333 e. The zero-order valence-electron chi connectivity index (χ0n) is 13.4. The van der Waals surface area contributed by atoms with Crippen LogP contribution >= 0.6 is 0 Å². The first-order valence-corrected chi connectivity index (χ1v) is 7.88. The van der Waals surface area contributed by atoms with Gasteiger partial charge in [-0.1, -0.05) is 24.3 Å². The number of aryl methyl sites for hydroxylation is 2. The third-order valence-corrected chi connectivity index (χ3v) is 4.27. The minimum Gasteiger partial charge on any atom is -0.363 e. The second-order valence-electron chi connectivity index (χ2n) is 5.69. The number of fused-ring (bicyclic) bond motifs is 1. The van der Waals surface area contributed by atoms with Crippen molar-refractivity contribution in [3.05, 3.63) is 51.2 Å². The van der Waals surface area contributed by atoms with E-state index in [1.165, 1.54) is 11.1 Å². The minimum atomic E-state index is -0.362. The molecule has 2 aromatic rings. The third-order valence-electron chi connectivity index (χ3n) is 4.27. The number of nitrogens with zero attached hydrogens (tertiary/aromatic N) is 3. The summed E-state index contributed by atoms with van der Waals surface area (Å²) in [5, 5.41) is 22.3. The molecule has 122 valence electrons. The van der Waals surface area contributed by atoms with Crippen LogP contribution in [0, 0.1) is 17.0 Å². The summed E-state index contributed by atoms with van der Waals surface area (Å²) in [5.41, 5.74) is 3.10. The van der Waals surface area contributed by atoms with Gasteiger partial charge in [-0.15, -0.1) is 0 Å². The van der Waals surface area contributed by atoms with Crippen molar-refractivity contribution in [2.24, 2.45) is 0 Å². The van der Waals surface area contributed by atoms with E-state index in [1.54, 1.807) is 11.6 Å². The molecule has 0 amide bonds. The normalized spacial score (nSPS) is 16.9. The van der Waals surface area contributed by atoms with Gasteiger partial charge in [0.2, 0.25) is 5.82 Å². The van der Waals surface area contributed by atoms with E-state index in [-0.39, 0.29) is 16.7 Å². The maximum atomic E-state index is 11.3. The van der Waals surface area contributed by atoms with Crippen molar-refractivity contribution in [3.8, 4) is 0 Å². The first-order chi connectivity index (χ1) is 11.1. The van der Waals surface area contributed by atoms with E-state index in [9.17, 15) is 10.1 Å². The second-order valence-corrected chi connectivity index (χ2v) is 5.69. The van der Waals surface area contributed by atoms with Gasteiger partial charge in [0.25, 0.3) is 0 Å². The summed E-state index contributed by atoms with van der Waals surface area (Å²) < 4.78 is 1.65. The Bertz CT molecular complexity index is 725. The Morgan fingerprint density at radius 1 is 1.48 bits per heavy atom. The second kappa shape index (κ2) is 6.37. The fourth-order valence-electron chi connectivity index (χ4n) is 3.17. The zero-order chi connectivity index (χ0) is 16.4. The monoisotopic (exact) mass is 315 g/mol. The van der Waals surface area contributed by atoms with E-state index in [4.69, 9.17) is 0 Å². The van der Waals surface area contributed by atoms with Gasteiger partial charge < -0.3 is 10.6 Å². The molecule has 1 aromatic heterocycles. The minimum absolute atomic E-state index is 0.0657. The van der Waals surface area contributed by atoms with Crippen molar-refractivity contribution in [2.45, 2.75) is 32.9 Å². The molecule has 0 radical (unpaired) electrons. The fourth-order valence-corrected chi connectivity index (χ4v) is 3.17. The Balaban J connectivity index is 1.83. The van der Waals surface area contributed by atoms with Crippen LogP contribution in [-0.4, -0.2) is 27.8 Å². The molecule has 1 aliphatic heterocycles. The molecule has 0 saturated carbocycles. The molecule has 0 spiro atoms. The van der Waals surface area contributed by atoms with Gasteiger partial charge in [0, 0.05) is 19.1 Å². The molecular weight excluding hydrogens is 294 g/mol. The topological polar surface area (TPSA) is 85.0 Å². The number of rotatable bonds is 5. The molecule has 0 fully saturated rings. The van der Waals surface area contributed by atoms with Crippen molar-refractivity contribution >= 4 is 11.5 Å². The summed E-state index contributed by atoms with van der Waals surface area (Å²) in [6.07, 6.45) is 1.01. The molecule has 7 nitrogen and oxygen atoms in total. The lowest BCUT2D eigenvalue weighted by Crippen LogP contribution is -2.34. The van der Waals surface area contributed by atoms with Crippen molar-refractivity contribution in [1.82, 2.24) is 15.1 Å². The Morgan fingerprint density at radius 3 is 3.00 bits per heavy atom. The average molecular weight is 315 g/mol. The highest BCUT2D eigenvalue weighted by atomic mass is 16.6. The van der Waals surface area contributed by atoms with Crippen LogP contribution in [0.1, 0.15) is 29.8 Å². The van der Waals surface area contributed by atoms with Gasteiger partial charge in [0.15, 0.2) is 0 Å². The lowest BCUT2D eigenvalue weighted by atomic mass is 9.94. The number of benzene rings is 1. The van der Waals surface area contributed by atoms with Crippen molar-refractivity contribution < 1.29 is 4.92 Å². The molecule has 23 heavy (non-hydrogen) atoms. The van der Waals surface area contributed by atoms with Gasteiger partial charge in [-0.3, -0.25) is 10.1 Å². The summed E-state index contributed by atoms with van der Waals surface area (Å²) in [6, 6.07) is 8.48. The van der Waals surface area contributed by atoms with Crippen LogP contribution in [-0.2, 0) is 13.0 Å². The third kappa shape index (κ3) is 2.92. The van der Waals surface area contributed by atoms with Crippen LogP contribution in [0.3, 0.4) is 0 Å². The first-order valence-electron chi connectivity index (χ1n) is 7.88. The fraction of sp³-hybridized carbons (Fsp3) is 0.438. The van der Waals surface area contributed by atoms with Crippen LogP contribution in [0.5, 0.6) is 0 Å². The van der Waals surface area contributed by atoms with Crippen LogP contribution in [0.4, 0.5) is 11.5 Å². The van der Waals surface area contributed by atoms with Crippen molar-refractivity contribution in [2.75, 3.05) is 18.4 Å². The lowest BCUT2D eigenvalue weighted by Gasteiger charge is -2.27. The van der Waals surface area contributed by atoms with E-state index < -0.39 is 0 Å². The van der Waals surface area contributed by atoms with E-state index in [2.05, 4.69) is 33.9 Å². The molecule has 0 saturated heterocycles. The predicted octanol–water partition coefficient (Wildman–Crippen LogP) is 2.42. The average Bonchev–Trinajstić information content (AvgIpc) is 2.88. The maximum absolute atomic E-state index is 11.3. The molecule has 2 heterocycles. The SMILES string of the molecule is CCn1nc(C)c([N+](=O)[O-])c1NCC1NCCc2ccccc21. The van der Waals surface area contributed by atoms with Crippen molar-refractivity contribution in [3.63, 3.8) is 0 Å². The Labute approximate surface area is 134 Å². The standard InChI is InChI=1S/C16H21N5O2/c1-3-20-16(15(21(22)23)11(2)19-20)18-10-14-13-7-5-4-6-12(13)8-9-17-14/h4-7,14,17-18H,3,8-10H2,1-2H3. The predicted molar refractivity (Wildman–Crippen MR) is 88.7 cm³/mol. The first kappa shape index (κ1) is 15.5. The number of nitrogens with one attached hydrogen (secondary N) is 2. The highest BCUT2D eigenvalue weighted by Gasteiger charge is 2.26. The number of hydrogen-bond donors (Lipinski definition) is 2. The van der Waals surface area contributed by atoms with Gasteiger partial charge >= 0.3 is 5.69 Å². The summed E-state index contributed by atoms with van der Waals surface area (Å²) in [4.78, 5) is 11.0. The van der Waals surface area contributed by atoms with Crippen molar-refractivity contribution in [1.29, 1.82) is 0 Å². The molecule has 1 atom stereocenters. The quantitative estimate of drug-likeness (QED) is 0.654. The number of anilines is 1. The smallest absolute Gasteiger partial charge is 0.333 e. The van der Waals surface area contributed by atoms with Gasteiger partial charge in [-0.05, 0) is 37.9 Å². The highest BCUT2D eigenvalue weighted by molar-refractivity contribution is 5.59. The number of nitro groups is 1. The molecule has 0 aliphatic carbocycles. The summed E-state index contributed by atoms with van der Waals surface area (Å²) in [7, 11) is 0. The van der Waals surface area contributed by atoms with Crippen LogP contribution < -0.4 is 10.6 Å². The summed E-state index contributed by atoms with van der Waals surface area (Å²) in [6.45, 7) is 5.69. The van der Waals surface area contributed by atoms with Crippen LogP contribution in [0.25, 0.3) is 0 Å².